The molecule has 1 aromatic rings. The van der Waals surface area contributed by atoms with Crippen molar-refractivity contribution >= 4 is 28.6 Å². The number of carbonyl (C=O) groups is 1. The van der Waals surface area contributed by atoms with E-state index >= 15 is 0 Å². The van der Waals surface area contributed by atoms with E-state index in [-0.39, 0.29) is 12.1 Å². The molecule has 1 atom stereocenters. The van der Waals surface area contributed by atoms with E-state index in [2.05, 4.69) is 22.6 Å². The molecule has 86 valence electrons. The average Bonchev–Trinajstić information content (AvgIpc) is 2.79. The van der Waals surface area contributed by atoms with Gasteiger partial charge in [0.25, 0.3) is 0 Å². The molecule has 3 nitrogen and oxygen atoms in total. The Morgan fingerprint density at radius 1 is 1.50 bits per heavy atom. The first-order valence-corrected chi connectivity index (χ1v) is 6.38. The Morgan fingerprint density at radius 3 is 3.00 bits per heavy atom. The van der Waals surface area contributed by atoms with Crippen LogP contribution in [0.4, 0.5) is 0 Å². The SMILES string of the molecule is O=C(OCC1CCCO1)c1ccccc1I. The van der Waals surface area contributed by atoms with Crippen molar-refractivity contribution in [1.29, 1.82) is 0 Å². The molecule has 0 aromatic heterocycles. The lowest BCUT2D eigenvalue weighted by Crippen LogP contribution is -2.18. The van der Waals surface area contributed by atoms with Gasteiger partial charge in [0, 0.05) is 10.2 Å². The van der Waals surface area contributed by atoms with E-state index in [1.54, 1.807) is 6.07 Å². The quantitative estimate of drug-likeness (QED) is 0.631. The number of hydrogen-bond acceptors (Lipinski definition) is 3. The third-order valence-corrected chi connectivity index (χ3v) is 3.46. The highest BCUT2D eigenvalue weighted by Crippen LogP contribution is 2.15. The van der Waals surface area contributed by atoms with E-state index in [9.17, 15) is 4.79 Å². The van der Waals surface area contributed by atoms with E-state index in [0.29, 0.717) is 12.2 Å². The van der Waals surface area contributed by atoms with Gasteiger partial charge in [-0.1, -0.05) is 12.1 Å². The van der Waals surface area contributed by atoms with Gasteiger partial charge >= 0.3 is 5.97 Å². The summed E-state index contributed by atoms with van der Waals surface area (Å²) in [5.41, 5.74) is 0.626. The van der Waals surface area contributed by atoms with Crippen LogP contribution in [0.5, 0.6) is 0 Å². The van der Waals surface area contributed by atoms with Gasteiger partial charge in [-0.05, 0) is 47.6 Å². The van der Waals surface area contributed by atoms with Gasteiger partial charge in [-0.25, -0.2) is 4.79 Å². The number of rotatable bonds is 3. The molecule has 0 spiro atoms. The fourth-order valence-electron chi connectivity index (χ4n) is 1.65. The Labute approximate surface area is 108 Å². The van der Waals surface area contributed by atoms with Crippen LogP contribution in [-0.2, 0) is 9.47 Å². The number of carbonyl (C=O) groups excluding carboxylic acids is 1. The molecule has 1 heterocycles. The maximum absolute atomic E-state index is 11.7. The summed E-state index contributed by atoms with van der Waals surface area (Å²) in [6, 6.07) is 7.41. The highest BCUT2D eigenvalue weighted by atomic mass is 127. The van der Waals surface area contributed by atoms with Crippen molar-refractivity contribution in [3.63, 3.8) is 0 Å². The molecule has 0 radical (unpaired) electrons. The number of ether oxygens (including phenoxy) is 2. The minimum Gasteiger partial charge on any atom is -0.459 e. The molecule has 0 aliphatic carbocycles. The highest BCUT2D eigenvalue weighted by Gasteiger charge is 2.18. The summed E-state index contributed by atoms with van der Waals surface area (Å²) in [5.74, 6) is -0.263. The monoisotopic (exact) mass is 332 g/mol. The van der Waals surface area contributed by atoms with Crippen molar-refractivity contribution in [2.75, 3.05) is 13.2 Å². The van der Waals surface area contributed by atoms with Gasteiger partial charge in [0.05, 0.1) is 11.7 Å². The second-order valence-electron chi connectivity index (χ2n) is 3.71. The highest BCUT2D eigenvalue weighted by molar-refractivity contribution is 14.1. The van der Waals surface area contributed by atoms with Gasteiger partial charge in [-0.2, -0.15) is 0 Å². The number of esters is 1. The molecule has 1 unspecified atom stereocenters. The van der Waals surface area contributed by atoms with Gasteiger partial charge in [-0.3, -0.25) is 0 Å². The van der Waals surface area contributed by atoms with Crippen LogP contribution in [0, 0.1) is 3.57 Å². The molecule has 16 heavy (non-hydrogen) atoms. The molecule has 2 rings (SSSR count). The summed E-state index contributed by atoms with van der Waals surface area (Å²) >= 11 is 2.13. The topological polar surface area (TPSA) is 35.5 Å². The van der Waals surface area contributed by atoms with Crippen molar-refractivity contribution < 1.29 is 14.3 Å². The minimum atomic E-state index is -0.263. The zero-order valence-electron chi connectivity index (χ0n) is 8.82. The molecule has 1 aromatic carbocycles. The maximum Gasteiger partial charge on any atom is 0.339 e. The van der Waals surface area contributed by atoms with Gasteiger partial charge < -0.3 is 9.47 Å². The van der Waals surface area contributed by atoms with E-state index < -0.39 is 0 Å². The van der Waals surface area contributed by atoms with Crippen LogP contribution in [0.1, 0.15) is 23.2 Å². The van der Waals surface area contributed by atoms with Crippen LogP contribution >= 0.6 is 22.6 Å². The predicted molar refractivity (Wildman–Crippen MR) is 68.4 cm³/mol. The minimum absolute atomic E-state index is 0.0883. The van der Waals surface area contributed by atoms with Gasteiger partial charge in [0.15, 0.2) is 0 Å². The Morgan fingerprint density at radius 2 is 2.31 bits per heavy atom. The molecule has 0 bridgehead atoms. The van der Waals surface area contributed by atoms with Crippen LogP contribution in [0.3, 0.4) is 0 Å². The molecule has 1 fully saturated rings. The first kappa shape index (κ1) is 11.9. The van der Waals surface area contributed by atoms with Crippen LogP contribution in [-0.4, -0.2) is 25.3 Å². The van der Waals surface area contributed by atoms with Crippen LogP contribution in [0.25, 0.3) is 0 Å². The van der Waals surface area contributed by atoms with Crippen molar-refractivity contribution in [3.05, 3.63) is 33.4 Å². The lowest BCUT2D eigenvalue weighted by Gasteiger charge is -2.10. The Kier molecular flexibility index (Phi) is 4.17. The molecule has 0 N–H and O–H groups in total. The molecule has 0 amide bonds. The molecule has 0 saturated carbocycles. The predicted octanol–water partition coefficient (Wildman–Crippen LogP) is 2.63. The van der Waals surface area contributed by atoms with E-state index in [1.807, 2.05) is 18.2 Å². The summed E-state index contributed by atoms with van der Waals surface area (Å²) in [4.78, 5) is 11.7. The summed E-state index contributed by atoms with van der Waals surface area (Å²) < 4.78 is 11.5. The first-order valence-electron chi connectivity index (χ1n) is 5.30. The second-order valence-corrected chi connectivity index (χ2v) is 4.88. The normalized spacial score (nSPS) is 19.7. The fourth-order valence-corrected chi connectivity index (χ4v) is 2.26. The van der Waals surface area contributed by atoms with Crippen LogP contribution in [0.2, 0.25) is 0 Å². The third-order valence-electron chi connectivity index (χ3n) is 2.52. The lowest BCUT2D eigenvalue weighted by atomic mass is 10.2. The van der Waals surface area contributed by atoms with Crippen LogP contribution < -0.4 is 0 Å². The Hall–Kier alpha value is -0.620. The van der Waals surface area contributed by atoms with Gasteiger partial charge in [0.2, 0.25) is 0 Å². The van der Waals surface area contributed by atoms with Crippen molar-refractivity contribution in [2.24, 2.45) is 0 Å². The van der Waals surface area contributed by atoms with Crippen molar-refractivity contribution in [3.8, 4) is 0 Å². The molecule has 4 heteroatoms. The smallest absolute Gasteiger partial charge is 0.339 e. The van der Waals surface area contributed by atoms with Gasteiger partial charge in [0.1, 0.15) is 6.61 Å². The summed E-state index contributed by atoms with van der Waals surface area (Å²) in [6.07, 6.45) is 2.13. The molecule has 1 aliphatic rings. The Balaban J connectivity index is 1.90. The van der Waals surface area contributed by atoms with Crippen LogP contribution in [0.15, 0.2) is 24.3 Å². The van der Waals surface area contributed by atoms with Crippen molar-refractivity contribution in [1.82, 2.24) is 0 Å². The van der Waals surface area contributed by atoms with Gasteiger partial charge in [-0.15, -0.1) is 0 Å². The Bertz CT molecular complexity index is 372. The van der Waals surface area contributed by atoms with E-state index in [4.69, 9.17) is 9.47 Å². The summed E-state index contributed by atoms with van der Waals surface area (Å²) in [7, 11) is 0. The number of benzene rings is 1. The average molecular weight is 332 g/mol. The second kappa shape index (κ2) is 5.63. The molecule has 1 saturated heterocycles. The van der Waals surface area contributed by atoms with Crippen molar-refractivity contribution in [2.45, 2.75) is 18.9 Å². The molecular weight excluding hydrogens is 319 g/mol. The standard InChI is InChI=1S/C12H13IO3/c13-11-6-2-1-5-10(11)12(14)16-8-9-4-3-7-15-9/h1-2,5-6,9H,3-4,7-8H2. The fraction of sp³-hybridized carbons (Fsp3) is 0.417. The lowest BCUT2D eigenvalue weighted by molar-refractivity contribution is 0.0160. The third kappa shape index (κ3) is 2.95. The van der Waals surface area contributed by atoms with E-state index in [0.717, 1.165) is 23.0 Å². The maximum atomic E-state index is 11.7. The molecular formula is C12H13IO3. The number of halogens is 1. The zero-order valence-corrected chi connectivity index (χ0v) is 11.0. The first-order chi connectivity index (χ1) is 7.77. The summed E-state index contributed by atoms with van der Waals surface area (Å²) in [6.45, 7) is 1.15. The molecule has 1 aliphatic heterocycles. The largest absolute Gasteiger partial charge is 0.459 e. The summed E-state index contributed by atoms with van der Waals surface area (Å²) in [5, 5.41) is 0. The van der Waals surface area contributed by atoms with E-state index in [1.165, 1.54) is 0 Å². The number of hydrogen-bond donors (Lipinski definition) is 0. The zero-order chi connectivity index (χ0) is 11.4.